The summed E-state index contributed by atoms with van der Waals surface area (Å²) in [6, 6.07) is 0.687. The molecular weight excluding hydrogens is 158 g/mol. The van der Waals surface area contributed by atoms with Crippen LogP contribution in [0.3, 0.4) is 0 Å². The van der Waals surface area contributed by atoms with Gasteiger partial charge in [-0.1, -0.05) is 0 Å². The first-order valence-electron chi connectivity index (χ1n) is 3.80. The van der Waals surface area contributed by atoms with Crippen LogP contribution in [0.15, 0.2) is 6.20 Å². The van der Waals surface area contributed by atoms with Gasteiger partial charge in [0.05, 0.1) is 0 Å². The number of aromatic nitrogens is 1. The van der Waals surface area contributed by atoms with Crippen LogP contribution in [0.2, 0.25) is 0 Å². The number of hydrogen-bond acceptors (Lipinski definition) is 4. The number of anilines is 1. The highest BCUT2D eigenvalue weighted by molar-refractivity contribution is 7.15. The van der Waals surface area contributed by atoms with E-state index >= 15 is 0 Å². The minimum Gasteiger partial charge on any atom is -0.359 e. The Labute approximate surface area is 69.6 Å². The number of nitrogens with zero attached hydrogens (tertiary/aromatic N) is 1. The summed E-state index contributed by atoms with van der Waals surface area (Å²) < 4.78 is 0. The van der Waals surface area contributed by atoms with E-state index in [-0.39, 0.29) is 0 Å². The summed E-state index contributed by atoms with van der Waals surface area (Å²) in [6.07, 6.45) is 4.42. The Morgan fingerprint density at radius 1 is 1.73 bits per heavy atom. The van der Waals surface area contributed by atoms with Crippen molar-refractivity contribution in [1.29, 1.82) is 0 Å². The summed E-state index contributed by atoms with van der Waals surface area (Å²) in [5.74, 6) is 0. The van der Waals surface area contributed by atoms with E-state index in [2.05, 4.69) is 10.3 Å². The van der Waals surface area contributed by atoms with E-state index in [0.717, 1.165) is 10.0 Å². The van der Waals surface area contributed by atoms with Crippen LogP contribution in [-0.2, 0) is 6.54 Å². The minimum absolute atomic E-state index is 0.601. The number of nitrogens with one attached hydrogen (secondary N) is 1. The van der Waals surface area contributed by atoms with Gasteiger partial charge in [0.15, 0.2) is 5.13 Å². The van der Waals surface area contributed by atoms with Gasteiger partial charge in [0.1, 0.15) is 0 Å². The van der Waals surface area contributed by atoms with Crippen molar-refractivity contribution in [3.05, 3.63) is 11.1 Å². The molecule has 11 heavy (non-hydrogen) atoms. The Morgan fingerprint density at radius 2 is 2.55 bits per heavy atom. The highest BCUT2D eigenvalue weighted by atomic mass is 32.1. The zero-order valence-electron chi connectivity index (χ0n) is 6.21. The fraction of sp³-hybridized carbons (Fsp3) is 0.571. The molecule has 0 aliphatic heterocycles. The summed E-state index contributed by atoms with van der Waals surface area (Å²) in [7, 11) is 0. The highest BCUT2D eigenvalue weighted by Gasteiger charge is 2.21. The lowest BCUT2D eigenvalue weighted by Gasteiger charge is -1.95. The van der Waals surface area contributed by atoms with Crippen molar-refractivity contribution < 1.29 is 0 Å². The van der Waals surface area contributed by atoms with Crippen LogP contribution in [0.25, 0.3) is 0 Å². The number of rotatable bonds is 3. The van der Waals surface area contributed by atoms with Crippen molar-refractivity contribution in [1.82, 2.24) is 4.98 Å². The molecule has 0 aromatic carbocycles. The Balaban J connectivity index is 1.99. The first-order chi connectivity index (χ1) is 5.38. The molecule has 3 nitrogen and oxygen atoms in total. The second kappa shape index (κ2) is 2.79. The fourth-order valence-electron chi connectivity index (χ4n) is 0.871. The predicted octanol–water partition coefficient (Wildman–Crippen LogP) is 1.18. The maximum absolute atomic E-state index is 5.45. The van der Waals surface area contributed by atoms with Gasteiger partial charge in [-0.15, -0.1) is 11.3 Å². The molecule has 0 spiro atoms. The number of hydrogen-bond donors (Lipinski definition) is 2. The standard InChI is InChI=1S/C7H11N3S/c8-3-6-4-9-7(11-6)10-5-1-2-5/h4-5H,1-3,8H2,(H,9,10). The van der Waals surface area contributed by atoms with Gasteiger partial charge in [-0.25, -0.2) is 4.98 Å². The van der Waals surface area contributed by atoms with Gasteiger partial charge in [0, 0.05) is 23.7 Å². The van der Waals surface area contributed by atoms with Gasteiger partial charge >= 0.3 is 0 Å². The molecule has 0 amide bonds. The molecule has 3 N–H and O–H groups in total. The van der Waals surface area contributed by atoms with E-state index < -0.39 is 0 Å². The Morgan fingerprint density at radius 3 is 3.09 bits per heavy atom. The molecule has 0 saturated heterocycles. The van der Waals surface area contributed by atoms with E-state index in [1.165, 1.54) is 12.8 Å². The topological polar surface area (TPSA) is 50.9 Å². The van der Waals surface area contributed by atoms with Crippen molar-refractivity contribution in [2.24, 2.45) is 5.73 Å². The summed E-state index contributed by atoms with van der Waals surface area (Å²) in [5, 5.41) is 4.34. The third-order valence-electron chi connectivity index (χ3n) is 1.66. The second-order valence-corrected chi connectivity index (χ2v) is 3.87. The molecule has 1 aromatic rings. The van der Waals surface area contributed by atoms with E-state index in [1.54, 1.807) is 11.3 Å². The first-order valence-corrected chi connectivity index (χ1v) is 4.61. The van der Waals surface area contributed by atoms with E-state index in [0.29, 0.717) is 12.6 Å². The summed E-state index contributed by atoms with van der Waals surface area (Å²) >= 11 is 1.65. The number of nitrogens with two attached hydrogens (primary N) is 1. The van der Waals surface area contributed by atoms with Gasteiger partial charge < -0.3 is 11.1 Å². The summed E-state index contributed by atoms with van der Waals surface area (Å²) in [6.45, 7) is 0.601. The quantitative estimate of drug-likeness (QED) is 0.714. The molecule has 60 valence electrons. The Hall–Kier alpha value is -0.610. The smallest absolute Gasteiger partial charge is 0.183 e. The highest BCUT2D eigenvalue weighted by Crippen LogP contribution is 2.26. The van der Waals surface area contributed by atoms with Crippen LogP contribution in [0.4, 0.5) is 5.13 Å². The maximum Gasteiger partial charge on any atom is 0.183 e. The zero-order valence-corrected chi connectivity index (χ0v) is 7.03. The first kappa shape index (κ1) is 7.06. The number of thiazole rings is 1. The molecule has 1 fully saturated rings. The molecule has 2 rings (SSSR count). The Bertz CT molecular complexity index is 242. The van der Waals surface area contributed by atoms with Crippen molar-refractivity contribution >= 4 is 16.5 Å². The van der Waals surface area contributed by atoms with Crippen molar-refractivity contribution in [2.45, 2.75) is 25.4 Å². The van der Waals surface area contributed by atoms with E-state index in [4.69, 9.17) is 5.73 Å². The van der Waals surface area contributed by atoms with E-state index in [1.807, 2.05) is 6.20 Å². The normalized spacial score (nSPS) is 16.8. The molecule has 1 saturated carbocycles. The van der Waals surface area contributed by atoms with E-state index in [9.17, 15) is 0 Å². The van der Waals surface area contributed by atoms with Crippen LogP contribution < -0.4 is 11.1 Å². The molecule has 1 aliphatic carbocycles. The van der Waals surface area contributed by atoms with Gasteiger partial charge in [-0.3, -0.25) is 0 Å². The van der Waals surface area contributed by atoms with Crippen LogP contribution in [0.1, 0.15) is 17.7 Å². The van der Waals surface area contributed by atoms with Gasteiger partial charge in [0.25, 0.3) is 0 Å². The average Bonchev–Trinajstić information content (AvgIpc) is 2.68. The molecule has 1 heterocycles. The molecule has 0 atom stereocenters. The summed E-state index contributed by atoms with van der Waals surface area (Å²) in [5.41, 5.74) is 5.45. The maximum atomic E-state index is 5.45. The van der Waals surface area contributed by atoms with Crippen LogP contribution in [0, 0.1) is 0 Å². The molecule has 0 radical (unpaired) electrons. The van der Waals surface area contributed by atoms with Crippen LogP contribution >= 0.6 is 11.3 Å². The lowest BCUT2D eigenvalue weighted by atomic mass is 10.6. The average molecular weight is 169 g/mol. The third kappa shape index (κ3) is 1.70. The molecule has 1 aliphatic rings. The largest absolute Gasteiger partial charge is 0.359 e. The summed E-state index contributed by atoms with van der Waals surface area (Å²) in [4.78, 5) is 5.34. The fourth-order valence-corrected chi connectivity index (χ4v) is 1.64. The molecule has 4 heteroatoms. The lowest BCUT2D eigenvalue weighted by Crippen LogP contribution is -1.99. The molecule has 1 aromatic heterocycles. The van der Waals surface area contributed by atoms with Crippen LogP contribution in [0.5, 0.6) is 0 Å². The van der Waals surface area contributed by atoms with Crippen molar-refractivity contribution in [3.8, 4) is 0 Å². The van der Waals surface area contributed by atoms with Gasteiger partial charge in [0.2, 0.25) is 0 Å². The predicted molar refractivity (Wildman–Crippen MR) is 46.7 cm³/mol. The monoisotopic (exact) mass is 169 g/mol. The molecule has 0 bridgehead atoms. The molecule has 0 unspecified atom stereocenters. The van der Waals surface area contributed by atoms with Gasteiger partial charge in [-0.2, -0.15) is 0 Å². The third-order valence-corrected chi connectivity index (χ3v) is 2.61. The Kier molecular flexibility index (Phi) is 1.79. The lowest BCUT2D eigenvalue weighted by molar-refractivity contribution is 1.09. The zero-order chi connectivity index (χ0) is 7.68. The SMILES string of the molecule is NCc1cnc(NC2CC2)s1. The minimum atomic E-state index is 0.601. The second-order valence-electron chi connectivity index (χ2n) is 2.75. The van der Waals surface area contributed by atoms with Crippen molar-refractivity contribution in [2.75, 3.05) is 5.32 Å². The van der Waals surface area contributed by atoms with Crippen LogP contribution in [-0.4, -0.2) is 11.0 Å². The van der Waals surface area contributed by atoms with Gasteiger partial charge in [-0.05, 0) is 12.8 Å². The van der Waals surface area contributed by atoms with Crippen molar-refractivity contribution in [3.63, 3.8) is 0 Å². The molecular formula is C7H11N3S.